The molecule has 1 fully saturated rings. The molecule has 0 saturated heterocycles. The molecular weight excluding hydrogens is 326 g/mol. The maximum Gasteiger partial charge on any atom is 0.0702 e. The number of allylic oxidation sites excluding steroid dienone is 4. The van der Waals surface area contributed by atoms with Gasteiger partial charge in [0.1, 0.15) is 0 Å². The summed E-state index contributed by atoms with van der Waals surface area (Å²) in [7, 11) is 0. The van der Waals surface area contributed by atoms with Crippen molar-refractivity contribution in [3.05, 3.63) is 58.9 Å². The molecule has 3 aliphatic carbocycles. The maximum atomic E-state index is 2.72. The minimum atomic E-state index is 0.126. The second-order valence-corrected chi connectivity index (χ2v) is 9.75. The number of fused-ring (bicyclic) bond motifs is 5. The lowest BCUT2D eigenvalue weighted by Crippen LogP contribution is -2.66. The van der Waals surface area contributed by atoms with E-state index in [4.69, 9.17) is 0 Å². The first-order valence-electron chi connectivity index (χ1n) is 11.4. The molecule has 3 unspecified atom stereocenters. The molecule has 0 bridgehead atoms. The Hall–Kier alpha value is -1.50. The van der Waals surface area contributed by atoms with E-state index in [1.54, 1.807) is 16.7 Å². The minimum absolute atomic E-state index is 0.126. The zero-order valence-corrected chi connectivity index (χ0v) is 17.4. The molecule has 0 aromatic rings. The van der Waals surface area contributed by atoms with Crippen LogP contribution in [0, 0.1) is 11.3 Å². The number of nitrogens with zero attached hydrogens (tertiary/aromatic N) is 1. The summed E-state index contributed by atoms with van der Waals surface area (Å²) in [6.07, 6.45) is 27.2. The second kappa shape index (κ2) is 6.26. The molecule has 1 saturated carbocycles. The maximum absolute atomic E-state index is 2.72. The molecule has 0 spiro atoms. The number of hydrogen-bond donors (Lipinski definition) is 0. The van der Waals surface area contributed by atoms with Crippen LogP contribution >= 0.6 is 0 Å². The smallest absolute Gasteiger partial charge is 0.0702 e. The van der Waals surface area contributed by atoms with Gasteiger partial charge in [0.05, 0.1) is 11.6 Å². The summed E-state index contributed by atoms with van der Waals surface area (Å²) in [5, 5.41) is 0. The van der Waals surface area contributed by atoms with E-state index in [9.17, 15) is 0 Å². The van der Waals surface area contributed by atoms with Gasteiger partial charge in [-0.2, -0.15) is 0 Å². The van der Waals surface area contributed by atoms with E-state index in [0.29, 0.717) is 6.04 Å². The third-order valence-electron chi connectivity index (χ3n) is 8.47. The van der Waals surface area contributed by atoms with Gasteiger partial charge in [-0.1, -0.05) is 69.4 Å². The first-order valence-corrected chi connectivity index (χ1v) is 11.4. The zero-order valence-electron chi connectivity index (χ0n) is 17.4. The minimum Gasteiger partial charge on any atom is -0.357 e. The highest BCUT2D eigenvalue weighted by Crippen LogP contribution is 2.61. The van der Waals surface area contributed by atoms with Crippen molar-refractivity contribution in [1.29, 1.82) is 0 Å². The fourth-order valence-corrected chi connectivity index (χ4v) is 6.69. The van der Waals surface area contributed by atoms with E-state index >= 15 is 0 Å². The Morgan fingerprint density at radius 3 is 2.67 bits per heavy atom. The van der Waals surface area contributed by atoms with Gasteiger partial charge in [0.15, 0.2) is 0 Å². The average Bonchev–Trinajstić information content (AvgIpc) is 2.69. The van der Waals surface area contributed by atoms with Crippen molar-refractivity contribution < 1.29 is 0 Å². The normalized spacial score (nSPS) is 37.9. The van der Waals surface area contributed by atoms with Crippen molar-refractivity contribution in [2.45, 2.75) is 90.1 Å². The summed E-state index contributed by atoms with van der Waals surface area (Å²) in [5.41, 5.74) is 6.83. The van der Waals surface area contributed by atoms with Gasteiger partial charge < -0.3 is 4.90 Å². The van der Waals surface area contributed by atoms with Crippen molar-refractivity contribution in [2.75, 3.05) is 0 Å². The highest BCUT2D eigenvalue weighted by Gasteiger charge is 2.60. The summed E-state index contributed by atoms with van der Waals surface area (Å²) in [6, 6.07) is 0.474. The van der Waals surface area contributed by atoms with Crippen molar-refractivity contribution in [1.82, 2.24) is 4.90 Å². The summed E-state index contributed by atoms with van der Waals surface area (Å²) >= 11 is 0. The summed E-state index contributed by atoms with van der Waals surface area (Å²) in [4.78, 5) is 2.72. The lowest BCUT2D eigenvalue weighted by Gasteiger charge is -2.64. The molecular formula is C26H35N. The molecule has 0 amide bonds. The van der Waals surface area contributed by atoms with Crippen LogP contribution in [0.15, 0.2) is 58.9 Å². The molecule has 27 heavy (non-hydrogen) atoms. The first-order chi connectivity index (χ1) is 13.1. The molecule has 0 aromatic heterocycles. The van der Waals surface area contributed by atoms with Gasteiger partial charge in [-0.3, -0.25) is 0 Å². The topological polar surface area (TPSA) is 3.24 Å². The van der Waals surface area contributed by atoms with Gasteiger partial charge in [-0.25, -0.2) is 0 Å². The van der Waals surface area contributed by atoms with Crippen LogP contribution in [0.4, 0.5) is 0 Å². The Morgan fingerprint density at radius 1 is 1.15 bits per heavy atom. The fourth-order valence-electron chi connectivity index (χ4n) is 6.69. The quantitative estimate of drug-likeness (QED) is 0.496. The zero-order chi connectivity index (χ0) is 18.6. The van der Waals surface area contributed by atoms with Gasteiger partial charge in [0, 0.05) is 11.6 Å². The van der Waals surface area contributed by atoms with Crippen molar-refractivity contribution >= 4 is 0 Å². The van der Waals surface area contributed by atoms with Crippen molar-refractivity contribution in [3.63, 3.8) is 0 Å². The third-order valence-corrected chi connectivity index (χ3v) is 8.47. The molecule has 2 heterocycles. The van der Waals surface area contributed by atoms with Crippen molar-refractivity contribution in [3.8, 4) is 0 Å². The van der Waals surface area contributed by atoms with E-state index in [1.165, 1.54) is 63.4 Å². The van der Waals surface area contributed by atoms with Crippen LogP contribution in [-0.2, 0) is 0 Å². The van der Waals surface area contributed by atoms with Gasteiger partial charge in [0.25, 0.3) is 0 Å². The molecule has 5 aliphatic rings. The Bertz CT molecular complexity index is 785. The Morgan fingerprint density at radius 2 is 1.96 bits per heavy atom. The van der Waals surface area contributed by atoms with Crippen LogP contribution < -0.4 is 0 Å². The predicted octanol–water partition coefficient (Wildman–Crippen LogP) is 6.86. The van der Waals surface area contributed by atoms with Gasteiger partial charge in [0.2, 0.25) is 0 Å². The van der Waals surface area contributed by atoms with Gasteiger partial charge in [-0.05, 0) is 67.7 Å². The van der Waals surface area contributed by atoms with Gasteiger partial charge >= 0.3 is 0 Å². The number of rotatable bonds is 3. The van der Waals surface area contributed by atoms with E-state index < -0.39 is 0 Å². The van der Waals surface area contributed by atoms with Crippen LogP contribution in [0.5, 0.6) is 0 Å². The molecule has 0 radical (unpaired) electrons. The number of hydrogen-bond acceptors (Lipinski definition) is 1. The second-order valence-electron chi connectivity index (χ2n) is 9.75. The molecule has 144 valence electrons. The van der Waals surface area contributed by atoms with Crippen LogP contribution in [0.1, 0.15) is 78.6 Å². The van der Waals surface area contributed by atoms with Crippen LogP contribution in [0.2, 0.25) is 0 Å². The molecule has 1 heteroatoms. The third kappa shape index (κ3) is 2.36. The van der Waals surface area contributed by atoms with Crippen molar-refractivity contribution in [2.24, 2.45) is 11.3 Å². The van der Waals surface area contributed by atoms with E-state index in [0.717, 1.165) is 5.92 Å². The molecule has 1 nitrogen and oxygen atoms in total. The fraction of sp³-hybridized carbons (Fsp3) is 0.615. The van der Waals surface area contributed by atoms with Crippen LogP contribution in [-0.4, -0.2) is 16.5 Å². The summed E-state index contributed by atoms with van der Waals surface area (Å²) in [6.45, 7) is 7.20. The van der Waals surface area contributed by atoms with Gasteiger partial charge in [-0.15, -0.1) is 0 Å². The first kappa shape index (κ1) is 17.6. The highest BCUT2D eigenvalue weighted by molar-refractivity contribution is 5.57. The summed E-state index contributed by atoms with van der Waals surface area (Å²) in [5.74, 6) is 0.914. The van der Waals surface area contributed by atoms with Crippen LogP contribution in [0.25, 0.3) is 0 Å². The largest absolute Gasteiger partial charge is 0.357 e. The lowest BCUT2D eigenvalue weighted by molar-refractivity contribution is 0.0474. The molecule has 5 rings (SSSR count). The van der Waals surface area contributed by atoms with E-state index in [-0.39, 0.29) is 11.0 Å². The van der Waals surface area contributed by atoms with Crippen LogP contribution in [0.3, 0.4) is 0 Å². The van der Waals surface area contributed by atoms with E-state index in [2.05, 4.69) is 62.3 Å². The molecule has 0 aromatic carbocycles. The average molecular weight is 362 g/mol. The van der Waals surface area contributed by atoms with E-state index in [1.807, 2.05) is 0 Å². The highest BCUT2D eigenvalue weighted by atomic mass is 15.2. The Balaban J connectivity index is 1.55. The SMILES string of the molecule is CCC12C=CC1(C)N1C=C(C)C(CC3CCCCC3)=CC1C1=C2C=CCC1. The molecule has 3 atom stereocenters. The monoisotopic (exact) mass is 361 g/mol. The summed E-state index contributed by atoms with van der Waals surface area (Å²) < 4.78 is 0. The molecule has 0 N–H and O–H groups in total. The molecule has 2 aliphatic heterocycles. The standard InChI is InChI=1S/C26H35N/c1-4-26-15-14-25(26,3)27-18-19(2)21(16-20-10-6-5-7-11-20)17-24(27)22-12-8-9-13-23(22)26/h9,13-15,17-18,20,24H,4-8,10-12,16H2,1-3H3. The Labute approximate surface area is 165 Å². The lowest BCUT2D eigenvalue weighted by atomic mass is 9.51. The Kier molecular flexibility index (Phi) is 4.08. The predicted molar refractivity (Wildman–Crippen MR) is 114 cm³/mol.